The Bertz CT molecular complexity index is 1390. The molecule has 0 aliphatic carbocycles. The zero-order valence-electron chi connectivity index (χ0n) is 19.8. The molecule has 6 heteroatoms. The van der Waals surface area contributed by atoms with Gasteiger partial charge >= 0.3 is 0 Å². The summed E-state index contributed by atoms with van der Waals surface area (Å²) in [6.07, 6.45) is 0.367. The molecule has 4 aromatic rings. The van der Waals surface area contributed by atoms with E-state index in [4.69, 9.17) is 30.9 Å². The molecule has 0 spiro atoms. The van der Waals surface area contributed by atoms with Gasteiger partial charge in [0.25, 0.3) is 0 Å². The fourth-order valence-electron chi connectivity index (χ4n) is 4.75. The van der Waals surface area contributed by atoms with Crippen molar-refractivity contribution in [1.29, 1.82) is 0 Å². The van der Waals surface area contributed by atoms with Gasteiger partial charge in [0.15, 0.2) is 11.5 Å². The van der Waals surface area contributed by atoms with Gasteiger partial charge in [0.05, 0.1) is 18.9 Å². The molecule has 4 aromatic carbocycles. The van der Waals surface area contributed by atoms with Gasteiger partial charge in [-0.3, -0.25) is 0 Å². The first-order valence-electron chi connectivity index (χ1n) is 11.9. The quantitative estimate of drug-likeness (QED) is 0.284. The van der Waals surface area contributed by atoms with Gasteiger partial charge in [-0.1, -0.05) is 66.2 Å². The molecule has 0 unspecified atom stereocenters. The largest absolute Gasteiger partial charge is 0.493 e. The normalized spacial score (nSPS) is 18.1. The van der Waals surface area contributed by atoms with Crippen molar-refractivity contribution in [3.8, 4) is 17.2 Å². The lowest BCUT2D eigenvalue weighted by Gasteiger charge is -2.38. The molecule has 180 valence electrons. The minimum Gasteiger partial charge on any atom is -0.493 e. The van der Waals surface area contributed by atoms with Crippen molar-refractivity contribution in [2.24, 2.45) is 5.10 Å². The topological polar surface area (TPSA) is 43.3 Å². The minimum absolute atomic E-state index is 0.0357. The fraction of sp³-hybridized carbons (Fsp3) is 0.167. The number of hydrazone groups is 1. The first-order valence-corrected chi connectivity index (χ1v) is 12.3. The van der Waals surface area contributed by atoms with Crippen LogP contribution in [0.15, 0.2) is 102 Å². The van der Waals surface area contributed by atoms with Crippen LogP contribution in [0.2, 0.25) is 5.02 Å². The molecule has 2 aliphatic rings. The summed E-state index contributed by atoms with van der Waals surface area (Å²) in [5.41, 5.74) is 5.25. The maximum absolute atomic E-state index is 6.56. The molecule has 5 nitrogen and oxygen atoms in total. The Kier molecular flexibility index (Phi) is 5.99. The van der Waals surface area contributed by atoms with Crippen molar-refractivity contribution >= 4 is 17.3 Å². The summed E-state index contributed by atoms with van der Waals surface area (Å²) in [6.45, 7) is 0.521. The maximum Gasteiger partial charge on any atom is 0.214 e. The van der Waals surface area contributed by atoms with Crippen LogP contribution in [0.1, 0.15) is 40.9 Å². The number of fused-ring (bicyclic) bond motifs is 3. The molecular formula is C30H25ClN2O3. The van der Waals surface area contributed by atoms with Crippen molar-refractivity contribution < 1.29 is 14.2 Å². The third-order valence-corrected chi connectivity index (χ3v) is 6.84. The summed E-state index contributed by atoms with van der Waals surface area (Å²) in [6, 6.07) is 32.1. The summed E-state index contributed by atoms with van der Waals surface area (Å²) in [7, 11) is 1.67. The van der Waals surface area contributed by atoms with E-state index in [2.05, 4.69) is 23.2 Å². The van der Waals surface area contributed by atoms with Crippen molar-refractivity contribution in [2.75, 3.05) is 7.11 Å². The lowest BCUT2D eigenvalue weighted by molar-refractivity contribution is -0.0209. The predicted molar refractivity (Wildman–Crippen MR) is 141 cm³/mol. The van der Waals surface area contributed by atoms with E-state index in [0.29, 0.717) is 11.6 Å². The molecule has 0 radical (unpaired) electrons. The van der Waals surface area contributed by atoms with Gasteiger partial charge in [-0.05, 0) is 53.6 Å². The number of rotatable bonds is 6. The number of nitrogens with zero attached hydrogens (tertiary/aromatic N) is 2. The second-order valence-corrected chi connectivity index (χ2v) is 9.28. The van der Waals surface area contributed by atoms with E-state index < -0.39 is 6.23 Å². The van der Waals surface area contributed by atoms with Crippen LogP contribution in [0, 0.1) is 0 Å². The molecule has 0 aromatic heterocycles. The molecule has 0 bridgehead atoms. The number of para-hydroxylation sites is 1. The Morgan fingerprint density at radius 3 is 2.44 bits per heavy atom. The van der Waals surface area contributed by atoms with Gasteiger partial charge in [-0.2, -0.15) is 5.10 Å². The summed E-state index contributed by atoms with van der Waals surface area (Å²) in [5.74, 6) is 2.29. The fourth-order valence-corrected chi connectivity index (χ4v) is 4.88. The summed E-state index contributed by atoms with van der Waals surface area (Å²) in [5, 5.41) is 7.80. The van der Waals surface area contributed by atoms with Gasteiger partial charge in [0.1, 0.15) is 12.4 Å². The van der Waals surface area contributed by atoms with Crippen LogP contribution in [0.3, 0.4) is 0 Å². The lowest BCUT2D eigenvalue weighted by Crippen LogP contribution is -2.33. The molecule has 0 amide bonds. The van der Waals surface area contributed by atoms with E-state index in [1.807, 2.05) is 78.9 Å². The molecule has 2 aliphatic heterocycles. The van der Waals surface area contributed by atoms with Crippen LogP contribution in [-0.2, 0) is 6.61 Å². The van der Waals surface area contributed by atoms with Crippen molar-refractivity contribution in [3.05, 3.63) is 124 Å². The molecule has 0 saturated carbocycles. The summed E-state index contributed by atoms with van der Waals surface area (Å²) in [4.78, 5) is 0. The number of halogens is 1. The number of benzene rings is 4. The van der Waals surface area contributed by atoms with Crippen LogP contribution >= 0.6 is 11.6 Å². The Morgan fingerprint density at radius 1 is 0.917 bits per heavy atom. The molecule has 0 fully saturated rings. The molecular weight excluding hydrogens is 472 g/mol. The van der Waals surface area contributed by atoms with Crippen LogP contribution in [0.5, 0.6) is 17.2 Å². The first kappa shape index (κ1) is 22.5. The average molecular weight is 497 g/mol. The van der Waals surface area contributed by atoms with E-state index >= 15 is 0 Å². The zero-order valence-corrected chi connectivity index (χ0v) is 20.6. The predicted octanol–water partition coefficient (Wildman–Crippen LogP) is 7.17. The van der Waals surface area contributed by atoms with Crippen LogP contribution in [0.25, 0.3) is 0 Å². The number of hydrogen-bond acceptors (Lipinski definition) is 5. The van der Waals surface area contributed by atoms with Crippen LogP contribution in [-0.4, -0.2) is 17.8 Å². The van der Waals surface area contributed by atoms with Crippen molar-refractivity contribution in [1.82, 2.24) is 5.01 Å². The van der Waals surface area contributed by atoms with E-state index in [0.717, 1.165) is 51.6 Å². The molecule has 0 saturated heterocycles. The maximum atomic E-state index is 6.56. The van der Waals surface area contributed by atoms with E-state index in [1.54, 1.807) is 7.11 Å². The first-order chi connectivity index (χ1) is 17.7. The third kappa shape index (κ3) is 4.27. The summed E-state index contributed by atoms with van der Waals surface area (Å²) < 4.78 is 18.2. The van der Waals surface area contributed by atoms with Gasteiger partial charge in [0, 0.05) is 22.6 Å². The Hall–Kier alpha value is -3.96. The van der Waals surface area contributed by atoms with Gasteiger partial charge < -0.3 is 14.2 Å². The SMILES string of the molecule is COc1cccc2c1O[C@H](c1ccc(OCc3ccccc3)cc1)N1N=C(c3ccc(Cl)cc3)C[C@@H]21. The molecule has 2 atom stereocenters. The lowest BCUT2D eigenvalue weighted by atomic mass is 9.95. The molecule has 2 heterocycles. The molecule has 6 rings (SSSR count). The second-order valence-electron chi connectivity index (χ2n) is 8.85. The number of methoxy groups -OCH3 is 1. The van der Waals surface area contributed by atoms with Gasteiger partial charge in [0.2, 0.25) is 6.23 Å². The number of ether oxygens (including phenoxy) is 3. The highest BCUT2D eigenvalue weighted by Gasteiger charge is 2.42. The smallest absolute Gasteiger partial charge is 0.214 e. The average Bonchev–Trinajstić information content (AvgIpc) is 3.38. The van der Waals surface area contributed by atoms with Crippen molar-refractivity contribution in [2.45, 2.75) is 25.3 Å². The second kappa shape index (κ2) is 9.59. The van der Waals surface area contributed by atoms with Crippen molar-refractivity contribution in [3.63, 3.8) is 0 Å². The molecule has 36 heavy (non-hydrogen) atoms. The minimum atomic E-state index is -0.397. The standard InChI is InChI=1S/C30H25ClN2O3/c1-34-28-9-5-8-25-27-18-26(21-10-14-23(31)15-11-21)32-33(27)30(36-29(25)28)22-12-16-24(17-13-22)35-19-20-6-3-2-4-7-20/h2-17,27,30H,18-19H2,1H3/t27-,30+/m0/s1. The Labute approximate surface area is 215 Å². The summed E-state index contributed by atoms with van der Waals surface area (Å²) >= 11 is 6.12. The van der Waals surface area contributed by atoms with Crippen LogP contribution in [0.4, 0.5) is 0 Å². The van der Waals surface area contributed by atoms with Gasteiger partial charge in [-0.15, -0.1) is 0 Å². The Morgan fingerprint density at radius 2 is 1.69 bits per heavy atom. The zero-order chi connectivity index (χ0) is 24.5. The Balaban J connectivity index is 1.31. The molecule has 0 N–H and O–H groups in total. The van der Waals surface area contributed by atoms with Gasteiger partial charge in [-0.25, -0.2) is 5.01 Å². The highest BCUT2D eigenvalue weighted by molar-refractivity contribution is 6.30. The number of hydrogen-bond donors (Lipinski definition) is 0. The van der Waals surface area contributed by atoms with E-state index in [1.165, 1.54) is 0 Å². The highest BCUT2D eigenvalue weighted by Crippen LogP contribution is 2.50. The monoisotopic (exact) mass is 496 g/mol. The van der Waals surface area contributed by atoms with Crippen LogP contribution < -0.4 is 14.2 Å². The third-order valence-electron chi connectivity index (χ3n) is 6.59. The highest BCUT2D eigenvalue weighted by atomic mass is 35.5. The van der Waals surface area contributed by atoms with E-state index in [-0.39, 0.29) is 6.04 Å². The van der Waals surface area contributed by atoms with E-state index in [9.17, 15) is 0 Å².